The summed E-state index contributed by atoms with van der Waals surface area (Å²) in [6.07, 6.45) is 3.94. The molecule has 1 aromatic carbocycles. The molecule has 1 aromatic rings. The van der Waals surface area contributed by atoms with Crippen molar-refractivity contribution in [3.8, 4) is 0 Å². The van der Waals surface area contributed by atoms with E-state index >= 15 is 0 Å². The normalized spacial score (nSPS) is 26.4. The Morgan fingerprint density at radius 2 is 1.90 bits per heavy atom. The summed E-state index contributed by atoms with van der Waals surface area (Å²) >= 11 is 0. The van der Waals surface area contributed by atoms with Crippen LogP contribution in [0.5, 0.6) is 0 Å². The zero-order valence-corrected chi connectivity index (χ0v) is 18.1. The lowest BCUT2D eigenvalue weighted by Gasteiger charge is -2.41. The van der Waals surface area contributed by atoms with Crippen LogP contribution in [0.1, 0.15) is 45.6 Å². The maximum atomic E-state index is 13.1. The second kappa shape index (κ2) is 9.43. The molecule has 5 nitrogen and oxygen atoms in total. The van der Waals surface area contributed by atoms with Gasteiger partial charge in [0.15, 0.2) is 0 Å². The van der Waals surface area contributed by atoms with Gasteiger partial charge >= 0.3 is 6.09 Å². The first-order chi connectivity index (χ1) is 13.7. The fourth-order valence-electron chi connectivity index (χ4n) is 4.50. The number of halogens is 1. The van der Waals surface area contributed by atoms with Gasteiger partial charge in [0, 0.05) is 38.1 Å². The molecule has 162 valence electrons. The zero-order chi connectivity index (χ0) is 21.0. The van der Waals surface area contributed by atoms with Crippen LogP contribution in [0.15, 0.2) is 24.3 Å². The van der Waals surface area contributed by atoms with Gasteiger partial charge in [0.2, 0.25) is 0 Å². The highest BCUT2D eigenvalue weighted by atomic mass is 19.1. The second-order valence-corrected chi connectivity index (χ2v) is 9.74. The molecule has 0 spiro atoms. The van der Waals surface area contributed by atoms with E-state index in [1.165, 1.54) is 18.4 Å². The standard InChI is InChI=1S/C23H36FN3O2/c1-23(2,3)29-22(28)27-12-10-21(25)19(16-27)15-26-11-4-5-18(14-26)13-17-6-8-20(24)9-7-17/h6-9,18-19,21H,4-5,10-16,25H2,1-3H3/t18?,19-,21-/m1/s1. The van der Waals surface area contributed by atoms with Crippen molar-refractivity contribution in [2.24, 2.45) is 17.6 Å². The van der Waals surface area contributed by atoms with Gasteiger partial charge in [0.25, 0.3) is 0 Å². The third-order valence-corrected chi connectivity index (χ3v) is 5.98. The zero-order valence-electron chi connectivity index (χ0n) is 18.1. The summed E-state index contributed by atoms with van der Waals surface area (Å²) in [5, 5.41) is 0. The number of nitrogens with two attached hydrogens (primary N) is 1. The van der Waals surface area contributed by atoms with Crippen LogP contribution in [0, 0.1) is 17.7 Å². The van der Waals surface area contributed by atoms with Crippen molar-refractivity contribution >= 4 is 6.09 Å². The summed E-state index contributed by atoms with van der Waals surface area (Å²) in [5.41, 5.74) is 7.14. The van der Waals surface area contributed by atoms with Crippen molar-refractivity contribution in [1.29, 1.82) is 0 Å². The smallest absolute Gasteiger partial charge is 0.410 e. The van der Waals surface area contributed by atoms with Crippen molar-refractivity contribution in [1.82, 2.24) is 9.80 Å². The number of hydrogen-bond donors (Lipinski definition) is 1. The van der Waals surface area contributed by atoms with Gasteiger partial charge in [-0.05, 0) is 76.6 Å². The molecule has 2 heterocycles. The van der Waals surface area contributed by atoms with E-state index in [0.29, 0.717) is 19.0 Å². The van der Waals surface area contributed by atoms with Crippen LogP contribution >= 0.6 is 0 Å². The van der Waals surface area contributed by atoms with E-state index in [-0.39, 0.29) is 23.9 Å². The molecule has 2 saturated heterocycles. The van der Waals surface area contributed by atoms with Gasteiger partial charge in [-0.25, -0.2) is 9.18 Å². The Balaban J connectivity index is 1.53. The van der Waals surface area contributed by atoms with E-state index in [0.717, 1.165) is 32.5 Å². The SMILES string of the molecule is CC(C)(C)OC(=O)N1CC[C@@H](N)[C@H](CN2CCCC(Cc3ccc(F)cc3)C2)C1. The molecule has 3 rings (SSSR count). The lowest BCUT2D eigenvalue weighted by Crippen LogP contribution is -2.54. The van der Waals surface area contributed by atoms with Gasteiger partial charge in [0.1, 0.15) is 11.4 Å². The number of amides is 1. The van der Waals surface area contributed by atoms with Crippen LogP contribution in [0.25, 0.3) is 0 Å². The quantitative estimate of drug-likeness (QED) is 0.830. The second-order valence-electron chi connectivity index (χ2n) is 9.74. The Morgan fingerprint density at radius 3 is 2.59 bits per heavy atom. The fourth-order valence-corrected chi connectivity index (χ4v) is 4.50. The maximum absolute atomic E-state index is 13.1. The third-order valence-electron chi connectivity index (χ3n) is 5.98. The van der Waals surface area contributed by atoms with E-state index in [2.05, 4.69) is 4.90 Å². The summed E-state index contributed by atoms with van der Waals surface area (Å²) in [6, 6.07) is 6.99. The number of benzene rings is 1. The van der Waals surface area contributed by atoms with E-state index in [1.807, 2.05) is 37.8 Å². The summed E-state index contributed by atoms with van der Waals surface area (Å²) in [5.74, 6) is 0.664. The Morgan fingerprint density at radius 1 is 1.17 bits per heavy atom. The monoisotopic (exact) mass is 405 g/mol. The molecule has 1 unspecified atom stereocenters. The first-order valence-corrected chi connectivity index (χ1v) is 10.9. The summed E-state index contributed by atoms with van der Waals surface area (Å²) in [6.45, 7) is 10.0. The minimum absolute atomic E-state index is 0.117. The minimum atomic E-state index is -0.480. The van der Waals surface area contributed by atoms with Gasteiger partial charge in [-0.3, -0.25) is 0 Å². The van der Waals surface area contributed by atoms with Crippen molar-refractivity contribution in [2.75, 3.05) is 32.7 Å². The van der Waals surface area contributed by atoms with Crippen LogP contribution in [-0.2, 0) is 11.2 Å². The van der Waals surface area contributed by atoms with Crippen molar-refractivity contribution < 1.29 is 13.9 Å². The number of hydrogen-bond acceptors (Lipinski definition) is 4. The average molecular weight is 406 g/mol. The van der Waals surface area contributed by atoms with Crippen LogP contribution in [0.2, 0.25) is 0 Å². The number of piperidine rings is 2. The first kappa shape index (κ1) is 22.0. The number of nitrogens with zero attached hydrogens (tertiary/aromatic N) is 2. The molecule has 0 saturated carbocycles. The molecule has 0 bridgehead atoms. The Bertz CT molecular complexity index is 674. The molecule has 29 heavy (non-hydrogen) atoms. The van der Waals surface area contributed by atoms with E-state index in [4.69, 9.17) is 10.5 Å². The largest absolute Gasteiger partial charge is 0.444 e. The fraction of sp³-hybridized carbons (Fsp3) is 0.696. The molecule has 0 radical (unpaired) electrons. The first-order valence-electron chi connectivity index (χ1n) is 10.9. The van der Waals surface area contributed by atoms with E-state index < -0.39 is 5.60 Å². The summed E-state index contributed by atoms with van der Waals surface area (Å²) in [7, 11) is 0. The number of likely N-dealkylation sites (tertiary alicyclic amines) is 2. The molecule has 6 heteroatoms. The highest BCUT2D eigenvalue weighted by Crippen LogP contribution is 2.25. The van der Waals surface area contributed by atoms with Gasteiger partial charge in [-0.1, -0.05) is 12.1 Å². The molecule has 2 aliphatic rings. The van der Waals surface area contributed by atoms with Crippen molar-refractivity contribution in [3.05, 3.63) is 35.6 Å². The third kappa shape index (κ3) is 6.68. The van der Waals surface area contributed by atoms with Gasteiger partial charge in [-0.2, -0.15) is 0 Å². The molecule has 0 aromatic heterocycles. The number of rotatable bonds is 4. The maximum Gasteiger partial charge on any atom is 0.410 e. The molecule has 3 atom stereocenters. The molecular formula is C23H36FN3O2. The van der Waals surface area contributed by atoms with Crippen molar-refractivity contribution in [2.45, 2.75) is 58.1 Å². The van der Waals surface area contributed by atoms with Crippen LogP contribution < -0.4 is 5.73 Å². The Hall–Kier alpha value is -1.66. The lowest BCUT2D eigenvalue weighted by atomic mass is 9.88. The average Bonchev–Trinajstić information content (AvgIpc) is 2.64. The topological polar surface area (TPSA) is 58.8 Å². The van der Waals surface area contributed by atoms with E-state index in [1.54, 1.807) is 12.1 Å². The number of carbonyl (C=O) groups excluding carboxylic acids is 1. The lowest BCUT2D eigenvalue weighted by molar-refractivity contribution is 0.0109. The summed E-state index contributed by atoms with van der Waals surface area (Å²) in [4.78, 5) is 16.8. The minimum Gasteiger partial charge on any atom is -0.444 e. The van der Waals surface area contributed by atoms with Crippen LogP contribution in [0.4, 0.5) is 9.18 Å². The van der Waals surface area contributed by atoms with Gasteiger partial charge in [0.05, 0.1) is 0 Å². The molecular weight excluding hydrogens is 369 g/mol. The highest BCUT2D eigenvalue weighted by Gasteiger charge is 2.33. The summed E-state index contributed by atoms with van der Waals surface area (Å²) < 4.78 is 18.7. The molecule has 0 aliphatic carbocycles. The number of ether oxygens (including phenoxy) is 1. The van der Waals surface area contributed by atoms with Gasteiger partial charge < -0.3 is 20.3 Å². The van der Waals surface area contributed by atoms with Crippen molar-refractivity contribution in [3.63, 3.8) is 0 Å². The van der Waals surface area contributed by atoms with Gasteiger partial charge in [-0.15, -0.1) is 0 Å². The molecule has 2 N–H and O–H groups in total. The molecule has 2 fully saturated rings. The number of carbonyl (C=O) groups is 1. The van der Waals surface area contributed by atoms with E-state index in [9.17, 15) is 9.18 Å². The highest BCUT2D eigenvalue weighted by molar-refractivity contribution is 5.68. The molecule has 1 amide bonds. The Kier molecular flexibility index (Phi) is 7.17. The predicted molar refractivity (Wildman–Crippen MR) is 113 cm³/mol. The van der Waals surface area contributed by atoms with Crippen LogP contribution in [-0.4, -0.2) is 60.3 Å². The Labute approximate surface area is 174 Å². The predicted octanol–water partition coefficient (Wildman–Crippen LogP) is 3.66. The molecule has 2 aliphatic heterocycles. The van der Waals surface area contributed by atoms with Crippen LogP contribution in [0.3, 0.4) is 0 Å².